The van der Waals surface area contributed by atoms with Crippen molar-refractivity contribution in [2.24, 2.45) is 27.2 Å². The van der Waals surface area contributed by atoms with Gasteiger partial charge in [0.2, 0.25) is 5.96 Å². The number of hydrogen-bond acceptors (Lipinski definition) is 2. The summed E-state index contributed by atoms with van der Waals surface area (Å²) in [4.78, 5) is 7.67. The Labute approximate surface area is 87.9 Å². The van der Waals surface area contributed by atoms with Crippen LogP contribution in [0.5, 0.6) is 0 Å². The lowest BCUT2D eigenvalue weighted by atomic mass is 10.3. The van der Waals surface area contributed by atoms with Crippen LogP contribution < -0.4 is 22.5 Å². The lowest BCUT2D eigenvalue weighted by Crippen LogP contribution is -2.26. The summed E-state index contributed by atoms with van der Waals surface area (Å²) in [6.07, 6.45) is 0. The monoisotopic (exact) mass is 206 g/mol. The van der Waals surface area contributed by atoms with Gasteiger partial charge in [0, 0.05) is 7.05 Å². The van der Waals surface area contributed by atoms with Gasteiger partial charge >= 0.3 is 0 Å². The molecule has 0 spiro atoms. The molecule has 0 aliphatic carbocycles. The number of nitrogens with two attached hydrogens (primary N) is 3. The predicted molar refractivity (Wildman–Crippen MR) is 63.1 cm³/mol. The first-order chi connectivity index (χ1) is 7.13. The molecule has 1 rings (SSSR count). The number of nitrogens with zero attached hydrogens (tertiary/aromatic N) is 2. The molecule has 80 valence electrons. The van der Waals surface area contributed by atoms with Crippen LogP contribution in [0.15, 0.2) is 34.3 Å². The van der Waals surface area contributed by atoms with Crippen LogP contribution in [-0.2, 0) is 0 Å². The molecule has 0 saturated carbocycles. The molecule has 0 aliphatic heterocycles. The van der Waals surface area contributed by atoms with E-state index in [9.17, 15) is 0 Å². The van der Waals surface area contributed by atoms with Gasteiger partial charge in [-0.05, 0) is 12.1 Å². The van der Waals surface area contributed by atoms with Crippen LogP contribution in [0.25, 0.3) is 0 Å². The van der Waals surface area contributed by atoms with Gasteiger partial charge in [-0.15, -0.1) is 0 Å². The van der Waals surface area contributed by atoms with Crippen LogP contribution in [0, 0.1) is 0 Å². The van der Waals surface area contributed by atoms with Gasteiger partial charge in [-0.1, -0.05) is 12.1 Å². The van der Waals surface area contributed by atoms with E-state index >= 15 is 0 Å². The van der Waals surface area contributed by atoms with Gasteiger partial charge in [-0.3, -0.25) is 0 Å². The highest BCUT2D eigenvalue weighted by Crippen LogP contribution is 2.23. The summed E-state index contributed by atoms with van der Waals surface area (Å²) in [5, 5.41) is 2.98. The van der Waals surface area contributed by atoms with Crippen molar-refractivity contribution >= 4 is 23.3 Å². The number of rotatable bonds is 2. The second-order valence-electron chi connectivity index (χ2n) is 2.77. The molecule has 1 aromatic carbocycles. The van der Waals surface area contributed by atoms with Crippen molar-refractivity contribution in [3.63, 3.8) is 0 Å². The maximum atomic E-state index is 5.50. The predicted octanol–water partition coefficient (Wildman–Crippen LogP) is -0.0521. The van der Waals surface area contributed by atoms with E-state index in [0.717, 1.165) is 5.69 Å². The number of guanidine groups is 2. The Kier molecular flexibility index (Phi) is 3.50. The highest BCUT2D eigenvalue weighted by atomic mass is 15.1. The fourth-order valence-corrected chi connectivity index (χ4v) is 1.06. The van der Waals surface area contributed by atoms with Gasteiger partial charge in [-0.25, -0.2) is 4.99 Å². The maximum Gasteiger partial charge on any atom is 0.223 e. The minimum absolute atomic E-state index is 0.0256. The van der Waals surface area contributed by atoms with E-state index < -0.39 is 0 Å². The lowest BCUT2D eigenvalue weighted by molar-refractivity contribution is 1.37. The number of benzene rings is 1. The molecule has 0 unspecified atom stereocenters. The van der Waals surface area contributed by atoms with E-state index in [2.05, 4.69) is 15.3 Å². The van der Waals surface area contributed by atoms with Crippen molar-refractivity contribution in [3.05, 3.63) is 24.3 Å². The average molecular weight is 206 g/mol. The molecule has 15 heavy (non-hydrogen) atoms. The van der Waals surface area contributed by atoms with Crippen molar-refractivity contribution in [2.45, 2.75) is 0 Å². The third-order valence-electron chi connectivity index (χ3n) is 1.65. The van der Waals surface area contributed by atoms with Gasteiger partial charge in [0.1, 0.15) is 0 Å². The molecule has 0 radical (unpaired) electrons. The van der Waals surface area contributed by atoms with Crippen LogP contribution in [0.4, 0.5) is 11.4 Å². The van der Waals surface area contributed by atoms with Gasteiger partial charge in [0.15, 0.2) is 5.96 Å². The summed E-state index contributed by atoms with van der Waals surface area (Å²) in [5.74, 6) is -0.0871. The third kappa shape index (κ3) is 3.18. The molecular weight excluding hydrogens is 192 g/mol. The van der Waals surface area contributed by atoms with Crippen molar-refractivity contribution in [1.29, 1.82) is 0 Å². The molecular formula is C9H14N6. The van der Waals surface area contributed by atoms with E-state index in [0.29, 0.717) is 5.69 Å². The zero-order valence-electron chi connectivity index (χ0n) is 8.44. The van der Waals surface area contributed by atoms with Crippen LogP contribution in [0.3, 0.4) is 0 Å². The normalized spacial score (nSPS) is 10.9. The molecule has 0 aromatic heterocycles. The smallest absolute Gasteiger partial charge is 0.223 e. The average Bonchev–Trinajstić information content (AvgIpc) is 2.17. The molecule has 0 saturated heterocycles. The lowest BCUT2D eigenvalue weighted by Gasteiger charge is -2.03. The summed E-state index contributed by atoms with van der Waals surface area (Å²) in [5.41, 5.74) is 17.4. The second kappa shape index (κ2) is 4.85. The molecule has 0 heterocycles. The minimum atomic E-state index is -0.113. The third-order valence-corrected chi connectivity index (χ3v) is 1.65. The molecule has 7 N–H and O–H groups in total. The zero-order chi connectivity index (χ0) is 11.3. The summed E-state index contributed by atoms with van der Waals surface area (Å²) in [7, 11) is 1.80. The Morgan fingerprint density at radius 3 is 2.47 bits per heavy atom. The Hall–Kier alpha value is -2.24. The van der Waals surface area contributed by atoms with Crippen molar-refractivity contribution in [3.8, 4) is 0 Å². The van der Waals surface area contributed by atoms with E-state index in [1.54, 1.807) is 13.1 Å². The highest BCUT2D eigenvalue weighted by Gasteiger charge is 1.98. The Bertz CT molecular complexity index is 391. The van der Waals surface area contributed by atoms with Gasteiger partial charge in [-0.2, -0.15) is 4.99 Å². The molecule has 0 amide bonds. The van der Waals surface area contributed by atoms with Gasteiger partial charge in [0.05, 0.1) is 11.4 Å². The molecule has 0 bridgehead atoms. The van der Waals surface area contributed by atoms with Crippen LogP contribution in [0.2, 0.25) is 0 Å². The molecule has 6 heteroatoms. The van der Waals surface area contributed by atoms with E-state index in [4.69, 9.17) is 17.2 Å². The van der Waals surface area contributed by atoms with Crippen molar-refractivity contribution < 1.29 is 0 Å². The number of para-hydroxylation sites is 2. The first-order valence-electron chi connectivity index (χ1n) is 4.34. The van der Waals surface area contributed by atoms with Crippen LogP contribution in [0.1, 0.15) is 0 Å². The number of aliphatic imine (C=N–C) groups is 2. The fourth-order valence-electron chi connectivity index (χ4n) is 1.06. The maximum absolute atomic E-state index is 5.50. The Balaban J connectivity index is 3.02. The molecule has 6 nitrogen and oxygen atoms in total. The van der Waals surface area contributed by atoms with Gasteiger partial charge in [0.25, 0.3) is 0 Å². The number of nitrogens with one attached hydrogen (secondary N) is 1. The van der Waals surface area contributed by atoms with E-state index in [1.165, 1.54) is 0 Å². The largest absolute Gasteiger partial charge is 0.386 e. The molecule has 0 atom stereocenters. The first-order valence-corrected chi connectivity index (χ1v) is 4.34. The Morgan fingerprint density at radius 2 is 1.87 bits per heavy atom. The summed E-state index contributed by atoms with van der Waals surface area (Å²) < 4.78 is 0. The van der Waals surface area contributed by atoms with Crippen LogP contribution >= 0.6 is 0 Å². The standard InChI is InChI=1S/C9H14N6/c1-13-6-4-2-3-5-7(6)14-9(12)15-8(10)11/h2-5,13H,1H3,(H6,10,11,12,14,15). The summed E-state index contributed by atoms with van der Waals surface area (Å²) in [6, 6.07) is 7.42. The summed E-state index contributed by atoms with van der Waals surface area (Å²) >= 11 is 0. The molecule has 0 fully saturated rings. The SMILES string of the molecule is CNc1ccccc1N=C(N)N=C(N)N. The highest BCUT2D eigenvalue weighted by molar-refractivity contribution is 5.94. The minimum Gasteiger partial charge on any atom is -0.386 e. The number of hydrogen-bond donors (Lipinski definition) is 4. The van der Waals surface area contributed by atoms with Gasteiger partial charge < -0.3 is 22.5 Å². The fraction of sp³-hybridized carbons (Fsp3) is 0.111. The molecule has 1 aromatic rings. The number of anilines is 1. The second-order valence-corrected chi connectivity index (χ2v) is 2.77. The first kappa shape index (κ1) is 10.8. The zero-order valence-corrected chi connectivity index (χ0v) is 8.44. The van der Waals surface area contributed by atoms with Crippen LogP contribution in [-0.4, -0.2) is 19.0 Å². The van der Waals surface area contributed by atoms with Crippen molar-refractivity contribution in [2.75, 3.05) is 12.4 Å². The Morgan fingerprint density at radius 1 is 1.20 bits per heavy atom. The molecule has 0 aliphatic rings. The quantitative estimate of drug-likeness (QED) is 0.401. The van der Waals surface area contributed by atoms with E-state index in [1.807, 2.05) is 18.2 Å². The van der Waals surface area contributed by atoms with Crippen molar-refractivity contribution in [1.82, 2.24) is 0 Å². The topological polar surface area (TPSA) is 115 Å². The summed E-state index contributed by atoms with van der Waals surface area (Å²) in [6.45, 7) is 0. The van der Waals surface area contributed by atoms with E-state index in [-0.39, 0.29) is 11.9 Å².